The smallest absolute Gasteiger partial charge is 0.410 e. The number of carbonyl (C=O) groups is 6. The fourth-order valence-corrected chi connectivity index (χ4v) is 12.6. The molecular weight excluding hydrogens is 925 g/mol. The van der Waals surface area contributed by atoms with Gasteiger partial charge in [0, 0.05) is 54.6 Å². The van der Waals surface area contributed by atoms with E-state index in [1.165, 1.54) is 0 Å². The Morgan fingerprint density at radius 1 is 0.817 bits per heavy atom. The number of alkyl carbamates (subject to hydrolysis) is 2. The fourth-order valence-electron chi connectivity index (χ4n) is 11.5. The first-order chi connectivity index (χ1) is 32.9. The van der Waals surface area contributed by atoms with Crippen molar-refractivity contribution in [3.63, 3.8) is 0 Å². The van der Waals surface area contributed by atoms with Crippen LogP contribution in [0.2, 0.25) is 0 Å². The molecule has 1 aromatic rings. The largest absolute Gasteiger partial charge is 0.461 e. The highest BCUT2D eigenvalue weighted by atomic mass is 32.2. The standard InChI is InChI=1S/C55H86N4O11S/c1-35-22-26-55-27-24-41(60)45(55)54(35,13)42(67-44(62)34-71-40-20-18-38(19-21-40)31-57-43(61)32-58-48(65)69-51(6,7)8)30-53(12,46(63)36(55)2)25-23-37-14-16-39(17-15-37)33-59(49(66)70-52(9,10)11)29-28-56-47(64)68-50(3,4)5/h14-17,23,25,35-36,38,40,42,45-46,63H,18-22,24,26-34H2,1-13H3,(H,56,64)(H,57,61)(H,58,65). The summed E-state index contributed by atoms with van der Waals surface area (Å²) in [6.07, 6.45) is 7.75. The van der Waals surface area contributed by atoms with Gasteiger partial charge in [0.05, 0.1) is 18.4 Å². The Bertz CT molecular complexity index is 2070. The van der Waals surface area contributed by atoms with Gasteiger partial charge < -0.3 is 44.9 Å². The first kappa shape index (κ1) is 57.6. The molecule has 15 nitrogen and oxygen atoms in total. The summed E-state index contributed by atoms with van der Waals surface area (Å²) >= 11 is 1.61. The number of hydrogen-bond acceptors (Lipinski definition) is 12. The number of nitrogens with one attached hydrogen (secondary N) is 3. The average molecular weight is 1010 g/mol. The molecule has 4 amide bonds. The van der Waals surface area contributed by atoms with Gasteiger partial charge in [-0.05, 0) is 148 Å². The summed E-state index contributed by atoms with van der Waals surface area (Å²) in [5, 5.41) is 21.0. The molecule has 71 heavy (non-hydrogen) atoms. The third-order valence-electron chi connectivity index (χ3n) is 15.4. The second-order valence-electron chi connectivity index (χ2n) is 24.4. The molecule has 0 aliphatic heterocycles. The Morgan fingerprint density at radius 2 is 1.42 bits per heavy atom. The first-order valence-electron chi connectivity index (χ1n) is 25.9. The Labute approximate surface area is 427 Å². The van der Waals surface area contributed by atoms with Crippen molar-refractivity contribution in [3.8, 4) is 0 Å². The third-order valence-corrected chi connectivity index (χ3v) is 16.8. The van der Waals surface area contributed by atoms with Gasteiger partial charge >= 0.3 is 24.2 Å². The van der Waals surface area contributed by atoms with Crippen LogP contribution >= 0.6 is 11.8 Å². The number of ketones is 1. The number of hydrogen-bond donors (Lipinski definition) is 4. The lowest BCUT2D eigenvalue weighted by Crippen LogP contribution is -2.63. The van der Waals surface area contributed by atoms with Crippen molar-refractivity contribution >= 4 is 53.8 Å². The second-order valence-corrected chi connectivity index (χ2v) is 25.7. The summed E-state index contributed by atoms with van der Waals surface area (Å²) in [5.41, 5.74) is -2.15. The van der Waals surface area contributed by atoms with Crippen LogP contribution in [0.25, 0.3) is 6.08 Å². The molecule has 4 aliphatic rings. The summed E-state index contributed by atoms with van der Waals surface area (Å²) < 4.78 is 22.9. The number of rotatable bonds is 15. The molecule has 0 heterocycles. The van der Waals surface area contributed by atoms with Gasteiger partial charge in [-0.3, -0.25) is 14.4 Å². The van der Waals surface area contributed by atoms with Gasteiger partial charge in [0.25, 0.3) is 0 Å². The number of benzene rings is 1. The van der Waals surface area contributed by atoms with Crippen molar-refractivity contribution in [2.45, 2.75) is 189 Å². The zero-order valence-electron chi connectivity index (χ0n) is 45.0. The number of thioether (sulfide) groups is 1. The molecule has 4 saturated carbocycles. The molecule has 4 N–H and O–H groups in total. The molecular formula is C55H86N4O11S. The lowest BCUT2D eigenvalue weighted by molar-refractivity contribution is -0.205. The number of ether oxygens (including phenoxy) is 4. The van der Waals surface area contributed by atoms with E-state index in [0.717, 1.165) is 49.7 Å². The highest BCUT2D eigenvalue weighted by Crippen LogP contribution is 2.68. The Hall–Kier alpha value is -4.31. The Morgan fingerprint density at radius 3 is 2.03 bits per heavy atom. The monoisotopic (exact) mass is 1010 g/mol. The van der Waals surface area contributed by atoms with Crippen LogP contribution in [0.1, 0.15) is 159 Å². The van der Waals surface area contributed by atoms with Gasteiger partial charge in [-0.25, -0.2) is 14.4 Å². The van der Waals surface area contributed by atoms with E-state index in [1.54, 1.807) is 79.0 Å². The van der Waals surface area contributed by atoms with Crippen molar-refractivity contribution < 1.29 is 52.8 Å². The minimum Gasteiger partial charge on any atom is -0.461 e. The quantitative estimate of drug-likeness (QED) is 0.0960. The number of carbonyl (C=O) groups excluding carboxylic acids is 6. The molecule has 4 aliphatic carbocycles. The van der Waals surface area contributed by atoms with E-state index < -0.39 is 63.5 Å². The second kappa shape index (κ2) is 23.3. The van der Waals surface area contributed by atoms with Gasteiger partial charge in [0.15, 0.2) is 0 Å². The van der Waals surface area contributed by atoms with E-state index in [2.05, 4.69) is 49.7 Å². The predicted molar refractivity (Wildman–Crippen MR) is 276 cm³/mol. The zero-order chi connectivity index (χ0) is 52.7. The Balaban J connectivity index is 1.26. The van der Waals surface area contributed by atoms with E-state index in [4.69, 9.17) is 18.9 Å². The maximum atomic E-state index is 14.1. The van der Waals surface area contributed by atoms with Crippen LogP contribution in [-0.4, -0.2) is 112 Å². The lowest BCUT2D eigenvalue weighted by Gasteiger charge is -2.61. The molecule has 8 unspecified atom stereocenters. The van der Waals surface area contributed by atoms with E-state index in [9.17, 15) is 33.9 Å². The fraction of sp³-hybridized carbons (Fsp3) is 0.745. The minimum atomic E-state index is -0.827. The minimum absolute atomic E-state index is 0.105. The van der Waals surface area contributed by atoms with Gasteiger partial charge in [-0.1, -0.05) is 64.1 Å². The van der Waals surface area contributed by atoms with Gasteiger partial charge in [-0.15, -0.1) is 11.8 Å². The van der Waals surface area contributed by atoms with Crippen LogP contribution < -0.4 is 16.0 Å². The number of Topliss-reactive ketones (excluding diaryl/α,β-unsaturated/α-hetero) is 1. The molecule has 0 radical (unpaired) electrons. The summed E-state index contributed by atoms with van der Waals surface area (Å²) in [5.74, 6) is -0.297. The topological polar surface area (TPSA) is 199 Å². The van der Waals surface area contributed by atoms with Gasteiger partial charge in [0.2, 0.25) is 5.91 Å². The van der Waals surface area contributed by atoms with Crippen molar-refractivity contribution in [3.05, 3.63) is 41.5 Å². The number of aliphatic hydroxyl groups is 1. The molecule has 0 saturated heterocycles. The molecule has 5 rings (SSSR count). The van der Waals surface area contributed by atoms with E-state index in [0.29, 0.717) is 31.7 Å². The summed E-state index contributed by atoms with van der Waals surface area (Å²) in [4.78, 5) is 79.8. The van der Waals surface area contributed by atoms with E-state index in [1.807, 2.05) is 30.3 Å². The third kappa shape index (κ3) is 15.6. The summed E-state index contributed by atoms with van der Waals surface area (Å²) in [6, 6.07) is 7.82. The molecule has 16 heteroatoms. The van der Waals surface area contributed by atoms with Crippen LogP contribution in [-0.2, 0) is 39.9 Å². The summed E-state index contributed by atoms with van der Waals surface area (Å²) in [6.45, 7) is 25.6. The SMILES string of the molecule is CC1C(O)C(C)(C=Cc2ccc(CN(CCNC(=O)OC(C)(C)C)C(=O)OC(C)(C)C)cc2)CC(OC(=O)CSC2CCC(CNC(=O)CNC(=O)OC(C)(C)C)CC2)C2(C)C(C)CCC13CCC(=O)C32. The highest BCUT2D eigenvalue weighted by Gasteiger charge is 2.68. The summed E-state index contributed by atoms with van der Waals surface area (Å²) in [7, 11) is 0. The molecule has 1 aromatic carbocycles. The zero-order valence-corrected chi connectivity index (χ0v) is 45.8. The molecule has 2 bridgehead atoms. The lowest BCUT2D eigenvalue weighted by atomic mass is 9.44. The average Bonchev–Trinajstić information content (AvgIpc) is 3.62. The molecule has 0 spiro atoms. The highest BCUT2D eigenvalue weighted by molar-refractivity contribution is 8.00. The molecule has 8 atom stereocenters. The maximum Gasteiger partial charge on any atom is 0.410 e. The molecule has 4 fully saturated rings. The van der Waals surface area contributed by atoms with Crippen LogP contribution in [0.5, 0.6) is 0 Å². The van der Waals surface area contributed by atoms with Crippen LogP contribution in [0, 0.1) is 39.9 Å². The maximum absolute atomic E-state index is 14.1. The van der Waals surface area contributed by atoms with Crippen molar-refractivity contribution in [1.29, 1.82) is 0 Å². The number of amides is 4. The molecule has 398 valence electrons. The predicted octanol–water partition coefficient (Wildman–Crippen LogP) is 9.62. The van der Waals surface area contributed by atoms with Crippen LogP contribution in [0.4, 0.5) is 14.4 Å². The number of esters is 1. The Kier molecular flexibility index (Phi) is 18.9. The number of aliphatic hydroxyl groups excluding tert-OH is 1. The number of nitrogens with zero attached hydrogens (tertiary/aromatic N) is 1. The van der Waals surface area contributed by atoms with Crippen LogP contribution in [0.15, 0.2) is 30.3 Å². The first-order valence-corrected chi connectivity index (χ1v) is 27.0. The van der Waals surface area contributed by atoms with Crippen molar-refractivity contribution in [1.82, 2.24) is 20.9 Å². The normalized spacial score (nSPS) is 30.0. The van der Waals surface area contributed by atoms with Gasteiger partial charge in [0.1, 0.15) is 28.7 Å². The van der Waals surface area contributed by atoms with Crippen molar-refractivity contribution in [2.24, 2.45) is 39.9 Å². The van der Waals surface area contributed by atoms with Gasteiger partial charge in [-0.2, -0.15) is 0 Å². The van der Waals surface area contributed by atoms with Crippen molar-refractivity contribution in [2.75, 3.05) is 31.9 Å². The van der Waals surface area contributed by atoms with Crippen LogP contribution in [0.3, 0.4) is 0 Å². The molecule has 0 aromatic heterocycles. The van der Waals surface area contributed by atoms with E-state index >= 15 is 0 Å². The van der Waals surface area contributed by atoms with E-state index in [-0.39, 0.29) is 72.6 Å².